The largest absolute Gasteiger partial charge is 0.396 e. The molecule has 0 aliphatic rings. The van der Waals surface area contributed by atoms with Gasteiger partial charge in [-0.15, -0.1) is 0 Å². The second-order valence-electron chi connectivity index (χ2n) is 2.78. The summed E-state index contributed by atoms with van der Waals surface area (Å²) in [5.41, 5.74) is 6.71. The topological polar surface area (TPSA) is 46.2 Å². The van der Waals surface area contributed by atoms with Crippen molar-refractivity contribution in [3.63, 3.8) is 0 Å². The first-order valence-corrected chi connectivity index (χ1v) is 5.42. The molecular weight excluding hydrogens is 300 g/mol. The lowest BCUT2D eigenvalue weighted by molar-refractivity contribution is 0.276. The Morgan fingerprint density at radius 1 is 1.54 bits per heavy atom. The molecule has 0 aliphatic carbocycles. The van der Waals surface area contributed by atoms with E-state index in [1.165, 1.54) is 0 Å². The number of benzene rings is 1. The van der Waals surface area contributed by atoms with Crippen molar-refractivity contribution >= 4 is 34.2 Å². The molecule has 0 heterocycles. The van der Waals surface area contributed by atoms with Crippen LogP contribution in [0.2, 0.25) is 5.02 Å². The highest BCUT2D eigenvalue weighted by molar-refractivity contribution is 14.1. The smallest absolute Gasteiger partial charge is 0.0464 e. The molecule has 1 rings (SSSR count). The molecule has 1 aromatic rings. The van der Waals surface area contributed by atoms with Gasteiger partial charge >= 0.3 is 0 Å². The van der Waals surface area contributed by atoms with E-state index < -0.39 is 0 Å². The Morgan fingerprint density at radius 3 is 2.77 bits per heavy atom. The highest BCUT2D eigenvalue weighted by Gasteiger charge is 2.09. The molecule has 1 aromatic carbocycles. The van der Waals surface area contributed by atoms with Crippen molar-refractivity contribution in [1.29, 1.82) is 0 Å². The molecule has 0 saturated heterocycles. The lowest BCUT2D eigenvalue weighted by Gasteiger charge is -2.12. The molecule has 0 bridgehead atoms. The summed E-state index contributed by atoms with van der Waals surface area (Å²) in [5, 5.41) is 9.39. The summed E-state index contributed by atoms with van der Waals surface area (Å²) >= 11 is 8.19. The number of nitrogens with two attached hydrogens (primary N) is 1. The summed E-state index contributed by atoms with van der Waals surface area (Å²) in [7, 11) is 0. The average Bonchev–Trinajstić information content (AvgIpc) is 2.04. The van der Waals surface area contributed by atoms with Crippen LogP contribution in [-0.4, -0.2) is 11.7 Å². The van der Waals surface area contributed by atoms with Crippen LogP contribution < -0.4 is 5.73 Å². The molecule has 13 heavy (non-hydrogen) atoms. The van der Waals surface area contributed by atoms with Gasteiger partial charge in [-0.2, -0.15) is 0 Å². The van der Waals surface area contributed by atoms with Gasteiger partial charge < -0.3 is 10.8 Å². The first-order valence-electron chi connectivity index (χ1n) is 3.96. The summed E-state index contributed by atoms with van der Waals surface area (Å²) in [4.78, 5) is 0. The second-order valence-corrected chi connectivity index (χ2v) is 4.44. The van der Waals surface area contributed by atoms with Crippen molar-refractivity contribution in [3.05, 3.63) is 32.4 Å². The number of aliphatic hydroxyl groups excluding tert-OH is 1. The fraction of sp³-hybridized carbons (Fsp3) is 0.333. The van der Waals surface area contributed by atoms with Gasteiger partial charge in [0.2, 0.25) is 0 Å². The fourth-order valence-electron chi connectivity index (χ4n) is 1.10. The van der Waals surface area contributed by atoms with Crippen LogP contribution in [0.3, 0.4) is 0 Å². The maximum atomic E-state index is 8.72. The molecule has 2 nitrogen and oxygen atoms in total. The summed E-state index contributed by atoms with van der Waals surface area (Å²) in [6.07, 6.45) is 0.542. The van der Waals surface area contributed by atoms with Gasteiger partial charge in [0, 0.05) is 21.2 Å². The van der Waals surface area contributed by atoms with Gasteiger partial charge in [-0.25, -0.2) is 0 Å². The lowest BCUT2D eigenvalue weighted by atomic mass is 10.1. The van der Waals surface area contributed by atoms with Crippen molar-refractivity contribution < 1.29 is 5.11 Å². The highest BCUT2D eigenvalue weighted by atomic mass is 127. The van der Waals surface area contributed by atoms with Gasteiger partial charge in [-0.1, -0.05) is 17.7 Å². The van der Waals surface area contributed by atoms with Crippen LogP contribution in [0.4, 0.5) is 0 Å². The molecule has 0 amide bonds. The standard InChI is InChI=1S/C9H11ClINO/c10-8-5-6(11)1-2-7(8)9(12)3-4-13/h1-2,5,9,13H,3-4,12H2/t9-/m1/s1. The monoisotopic (exact) mass is 311 g/mol. The fourth-order valence-corrected chi connectivity index (χ4v) is 2.09. The molecule has 1 atom stereocenters. The molecule has 0 fully saturated rings. The van der Waals surface area contributed by atoms with Gasteiger partial charge in [0.05, 0.1) is 0 Å². The summed E-state index contributed by atoms with van der Waals surface area (Å²) in [6.45, 7) is 0.0868. The Bertz CT molecular complexity index is 293. The minimum Gasteiger partial charge on any atom is -0.396 e. The average molecular weight is 312 g/mol. The van der Waals surface area contributed by atoms with Crippen molar-refractivity contribution in [1.82, 2.24) is 0 Å². The van der Waals surface area contributed by atoms with E-state index in [0.717, 1.165) is 9.13 Å². The molecule has 0 aromatic heterocycles. The number of rotatable bonds is 3. The van der Waals surface area contributed by atoms with Gasteiger partial charge in [-0.05, 0) is 46.7 Å². The molecule has 72 valence electrons. The number of aliphatic hydroxyl groups is 1. The van der Waals surface area contributed by atoms with Crippen molar-refractivity contribution in [2.24, 2.45) is 5.73 Å². The summed E-state index contributed by atoms with van der Waals surface area (Å²) in [6, 6.07) is 5.56. The summed E-state index contributed by atoms with van der Waals surface area (Å²) in [5.74, 6) is 0. The van der Waals surface area contributed by atoms with Gasteiger partial charge in [0.15, 0.2) is 0 Å². The van der Waals surface area contributed by atoms with E-state index in [4.69, 9.17) is 22.4 Å². The minimum atomic E-state index is -0.172. The third-order valence-corrected chi connectivity index (χ3v) is 2.80. The van der Waals surface area contributed by atoms with E-state index in [2.05, 4.69) is 22.6 Å². The van der Waals surface area contributed by atoms with E-state index in [1.54, 1.807) is 0 Å². The Kier molecular flexibility index (Phi) is 4.45. The zero-order chi connectivity index (χ0) is 9.84. The Hall–Kier alpha value is 0.160. The first-order chi connectivity index (χ1) is 6.15. The third-order valence-electron chi connectivity index (χ3n) is 1.80. The molecule has 0 unspecified atom stereocenters. The molecule has 0 spiro atoms. The SMILES string of the molecule is N[C@H](CCO)c1ccc(I)cc1Cl. The molecule has 3 N–H and O–H groups in total. The normalized spacial score (nSPS) is 12.9. The van der Waals surface area contributed by atoms with Gasteiger partial charge in [0.1, 0.15) is 0 Å². The van der Waals surface area contributed by atoms with E-state index in [0.29, 0.717) is 11.4 Å². The predicted molar refractivity (Wildman–Crippen MR) is 62.8 cm³/mol. The van der Waals surface area contributed by atoms with E-state index >= 15 is 0 Å². The lowest BCUT2D eigenvalue weighted by Crippen LogP contribution is -2.12. The molecule has 0 saturated carbocycles. The third kappa shape index (κ3) is 3.09. The van der Waals surface area contributed by atoms with Crippen LogP contribution in [0.5, 0.6) is 0 Å². The van der Waals surface area contributed by atoms with E-state index in [-0.39, 0.29) is 12.6 Å². The van der Waals surface area contributed by atoms with Gasteiger partial charge in [0.25, 0.3) is 0 Å². The van der Waals surface area contributed by atoms with E-state index in [1.807, 2.05) is 18.2 Å². The Morgan fingerprint density at radius 2 is 2.23 bits per heavy atom. The quantitative estimate of drug-likeness (QED) is 0.842. The number of hydrogen-bond acceptors (Lipinski definition) is 2. The second kappa shape index (κ2) is 5.14. The number of halogens is 2. The highest BCUT2D eigenvalue weighted by Crippen LogP contribution is 2.25. The molecule has 0 aliphatic heterocycles. The first kappa shape index (κ1) is 11.2. The molecular formula is C9H11ClINO. The van der Waals surface area contributed by atoms with Crippen LogP contribution in [0.1, 0.15) is 18.0 Å². The Balaban J connectivity index is 2.88. The predicted octanol–water partition coefficient (Wildman–Crippen LogP) is 2.33. The van der Waals surface area contributed by atoms with Crippen molar-refractivity contribution in [2.75, 3.05) is 6.61 Å². The molecule has 0 radical (unpaired) electrons. The van der Waals surface area contributed by atoms with E-state index in [9.17, 15) is 0 Å². The van der Waals surface area contributed by atoms with Crippen LogP contribution in [0.15, 0.2) is 18.2 Å². The number of hydrogen-bond donors (Lipinski definition) is 2. The molecule has 4 heteroatoms. The minimum absolute atomic E-state index is 0.0868. The van der Waals surface area contributed by atoms with Gasteiger partial charge in [-0.3, -0.25) is 0 Å². The van der Waals surface area contributed by atoms with Crippen LogP contribution >= 0.6 is 34.2 Å². The summed E-state index contributed by atoms with van der Waals surface area (Å²) < 4.78 is 1.09. The maximum Gasteiger partial charge on any atom is 0.0464 e. The van der Waals surface area contributed by atoms with Crippen LogP contribution in [0, 0.1) is 3.57 Å². The van der Waals surface area contributed by atoms with Crippen LogP contribution in [-0.2, 0) is 0 Å². The zero-order valence-electron chi connectivity index (χ0n) is 7.00. The maximum absolute atomic E-state index is 8.72. The van der Waals surface area contributed by atoms with Crippen molar-refractivity contribution in [2.45, 2.75) is 12.5 Å². The van der Waals surface area contributed by atoms with Crippen LogP contribution in [0.25, 0.3) is 0 Å². The zero-order valence-corrected chi connectivity index (χ0v) is 9.92. The Labute approximate surface area is 96.2 Å². The van der Waals surface area contributed by atoms with Crippen molar-refractivity contribution in [3.8, 4) is 0 Å².